The van der Waals surface area contributed by atoms with E-state index < -0.39 is 0 Å². The third kappa shape index (κ3) is 5.64. The van der Waals surface area contributed by atoms with Crippen molar-refractivity contribution >= 4 is 76.6 Å². The van der Waals surface area contributed by atoms with Crippen LogP contribution in [0.25, 0.3) is 27.4 Å². The monoisotopic (exact) mass is 511 g/mol. The number of aromatic nitrogens is 1. The van der Waals surface area contributed by atoms with Gasteiger partial charge in [-0.25, -0.2) is 0 Å². The fraction of sp³-hybridized carbons (Fsp3) is 0.360. The highest BCUT2D eigenvalue weighted by Crippen LogP contribution is 2.41. The van der Waals surface area contributed by atoms with Crippen LogP contribution in [0.4, 0.5) is 5.69 Å². The highest BCUT2D eigenvalue weighted by molar-refractivity contribution is 7.35. The van der Waals surface area contributed by atoms with Gasteiger partial charge in [0.1, 0.15) is 0 Å². The molecule has 1 aliphatic rings. The second-order valence-corrected chi connectivity index (χ2v) is 9.01. The van der Waals surface area contributed by atoms with Gasteiger partial charge in [0, 0.05) is 35.1 Å². The molecule has 0 bridgehead atoms. The van der Waals surface area contributed by atoms with E-state index in [1.54, 1.807) is 0 Å². The van der Waals surface area contributed by atoms with Crippen LogP contribution in [0.2, 0.25) is 10.0 Å². The Morgan fingerprint density at radius 2 is 1.66 bits per heavy atom. The van der Waals surface area contributed by atoms with Gasteiger partial charge in [-0.3, -0.25) is 0 Å². The molecule has 3 N–H and O–H groups in total. The van der Waals surface area contributed by atoms with Crippen LogP contribution in [0.1, 0.15) is 39.7 Å². The first kappa shape index (κ1) is 27.0. The van der Waals surface area contributed by atoms with E-state index in [2.05, 4.69) is 40.6 Å². The summed E-state index contributed by atoms with van der Waals surface area (Å²) < 4.78 is 2.31. The van der Waals surface area contributed by atoms with E-state index >= 15 is 0 Å². The van der Waals surface area contributed by atoms with E-state index in [1.165, 1.54) is 11.1 Å². The lowest BCUT2D eigenvalue weighted by atomic mass is 9.96. The average molecular weight is 513 g/mol. The average Bonchev–Trinajstić information content (AvgIpc) is 3.12. The van der Waals surface area contributed by atoms with Crippen molar-refractivity contribution in [2.75, 3.05) is 25.1 Å². The molecule has 1 heterocycles. The minimum Gasteiger partial charge on any atom is -0.383 e. The third-order valence-electron chi connectivity index (χ3n) is 4.99. The van der Waals surface area contributed by atoms with Crippen molar-refractivity contribution in [3.05, 3.63) is 58.1 Å². The number of nitrogens with one attached hydrogen (secondary N) is 1. The lowest BCUT2D eigenvalue weighted by Gasteiger charge is -2.17. The SMILES string of the molecule is CC.CC.CPn1c2cc(Cl)c(Cl)cc2c2cc(NCCN)c(C3=CCC(Cl)C=C3)cc21. The zero-order valence-corrected chi connectivity index (χ0v) is 22.7. The molecule has 7 heteroatoms. The summed E-state index contributed by atoms with van der Waals surface area (Å²) in [5.41, 5.74) is 11.4. The fourth-order valence-corrected chi connectivity index (χ4v) is 5.02. The van der Waals surface area contributed by atoms with Crippen LogP contribution in [0, 0.1) is 0 Å². The number of allylic oxidation sites excluding steroid dienone is 4. The molecule has 32 heavy (non-hydrogen) atoms. The summed E-state index contributed by atoms with van der Waals surface area (Å²) in [7, 11) is 0.570. The fourth-order valence-electron chi connectivity index (χ4n) is 3.68. The van der Waals surface area contributed by atoms with Crippen molar-refractivity contribution in [1.29, 1.82) is 0 Å². The van der Waals surface area contributed by atoms with Gasteiger partial charge in [-0.1, -0.05) is 69.1 Å². The minimum absolute atomic E-state index is 0.0563. The largest absolute Gasteiger partial charge is 0.383 e. The van der Waals surface area contributed by atoms with Gasteiger partial charge in [0.05, 0.1) is 26.5 Å². The number of halogens is 3. The first-order valence-electron chi connectivity index (χ1n) is 11.1. The van der Waals surface area contributed by atoms with E-state index in [4.69, 9.17) is 40.5 Å². The molecule has 0 fully saturated rings. The Balaban J connectivity index is 0.000000860. The van der Waals surface area contributed by atoms with Crippen LogP contribution < -0.4 is 11.1 Å². The number of alkyl halides is 1. The minimum atomic E-state index is 0.0563. The molecule has 2 aromatic carbocycles. The lowest BCUT2D eigenvalue weighted by molar-refractivity contribution is 1.02. The number of nitrogens with two attached hydrogens (primary N) is 1. The summed E-state index contributed by atoms with van der Waals surface area (Å²) >= 11 is 18.9. The Kier molecular flexibility index (Phi) is 10.9. The standard InChI is InChI=1S/C21H21Cl3N3P.2C2H6/c1-28-27-20-10-14(12-2-4-13(22)5-3-12)19(26-7-6-25)9-16(20)15-8-17(23)18(24)11-21(15)27;2*1-2/h2-4,8-11,13,26,28H,5-7,25H2,1H3;2*1-2H3. The molecule has 2 atom stereocenters. The second kappa shape index (κ2) is 12.9. The smallest absolute Gasteiger partial charge is 0.0613 e. The molecule has 0 aliphatic heterocycles. The van der Waals surface area contributed by atoms with Crippen molar-refractivity contribution in [3.63, 3.8) is 0 Å². The van der Waals surface area contributed by atoms with Gasteiger partial charge in [-0.15, -0.1) is 11.6 Å². The first-order valence-corrected chi connectivity index (χ1v) is 13.8. The molecule has 3 nitrogen and oxygen atoms in total. The first-order chi connectivity index (χ1) is 15.5. The van der Waals surface area contributed by atoms with Gasteiger partial charge in [0.2, 0.25) is 0 Å². The molecule has 3 aromatic rings. The third-order valence-corrected chi connectivity index (χ3v) is 6.96. The van der Waals surface area contributed by atoms with Crippen molar-refractivity contribution in [2.24, 2.45) is 5.73 Å². The number of anilines is 1. The number of rotatable bonds is 5. The quantitative estimate of drug-likeness (QED) is 0.266. The summed E-state index contributed by atoms with van der Waals surface area (Å²) in [6, 6.07) is 8.37. The lowest BCUT2D eigenvalue weighted by Crippen LogP contribution is -2.14. The number of benzene rings is 2. The molecule has 0 spiro atoms. The maximum Gasteiger partial charge on any atom is 0.0613 e. The zero-order chi connectivity index (χ0) is 23.8. The van der Waals surface area contributed by atoms with Crippen LogP contribution in [0.15, 0.2) is 42.5 Å². The molecule has 0 amide bonds. The van der Waals surface area contributed by atoms with E-state index in [0.717, 1.165) is 34.0 Å². The van der Waals surface area contributed by atoms with E-state index in [9.17, 15) is 0 Å². The number of hydrogen-bond donors (Lipinski definition) is 2. The van der Waals surface area contributed by atoms with Crippen molar-refractivity contribution in [1.82, 2.24) is 4.34 Å². The zero-order valence-electron chi connectivity index (χ0n) is 19.4. The predicted octanol–water partition coefficient (Wildman–Crippen LogP) is 8.55. The summed E-state index contributed by atoms with van der Waals surface area (Å²) in [4.78, 5) is 0. The number of fused-ring (bicyclic) bond motifs is 3. The van der Waals surface area contributed by atoms with Crippen molar-refractivity contribution in [2.45, 2.75) is 39.5 Å². The van der Waals surface area contributed by atoms with Crippen LogP contribution in [-0.4, -0.2) is 29.5 Å². The second-order valence-electron chi connectivity index (χ2n) is 6.74. The van der Waals surface area contributed by atoms with Gasteiger partial charge < -0.3 is 15.4 Å². The highest BCUT2D eigenvalue weighted by Gasteiger charge is 2.17. The van der Waals surface area contributed by atoms with Crippen LogP contribution in [0.5, 0.6) is 0 Å². The molecule has 4 rings (SSSR count). The normalized spacial score (nSPS) is 15.4. The molecule has 0 radical (unpaired) electrons. The molecular formula is C25H33Cl3N3P. The molecule has 1 aliphatic carbocycles. The number of hydrogen-bond acceptors (Lipinski definition) is 2. The topological polar surface area (TPSA) is 43.0 Å². The molecule has 174 valence electrons. The van der Waals surface area contributed by atoms with E-state index in [0.29, 0.717) is 31.9 Å². The summed E-state index contributed by atoms with van der Waals surface area (Å²) in [5, 5.41) is 6.94. The molecule has 0 saturated carbocycles. The Morgan fingerprint density at radius 1 is 1.03 bits per heavy atom. The van der Waals surface area contributed by atoms with Crippen molar-refractivity contribution < 1.29 is 0 Å². The maximum absolute atomic E-state index is 6.33. The molecule has 0 saturated heterocycles. The van der Waals surface area contributed by atoms with Crippen LogP contribution >= 0.6 is 43.5 Å². The van der Waals surface area contributed by atoms with Crippen LogP contribution in [0.3, 0.4) is 0 Å². The highest BCUT2D eigenvalue weighted by atomic mass is 35.5. The van der Waals surface area contributed by atoms with Gasteiger partial charge in [0.15, 0.2) is 0 Å². The van der Waals surface area contributed by atoms with Gasteiger partial charge in [-0.05, 0) is 51.7 Å². The Morgan fingerprint density at radius 3 is 2.25 bits per heavy atom. The molecular weight excluding hydrogens is 480 g/mol. The number of nitrogens with zero attached hydrogens (tertiary/aromatic N) is 1. The maximum atomic E-state index is 6.33. The summed E-state index contributed by atoms with van der Waals surface area (Å²) in [5.74, 6) is 0. The molecule has 1 aromatic heterocycles. The van der Waals surface area contributed by atoms with E-state index in [-0.39, 0.29) is 5.38 Å². The van der Waals surface area contributed by atoms with E-state index in [1.807, 2.05) is 45.9 Å². The predicted molar refractivity (Wildman–Crippen MR) is 151 cm³/mol. The van der Waals surface area contributed by atoms with Crippen LogP contribution in [-0.2, 0) is 0 Å². The van der Waals surface area contributed by atoms with Gasteiger partial charge >= 0.3 is 0 Å². The Hall–Kier alpha value is -1.22. The summed E-state index contributed by atoms with van der Waals surface area (Å²) in [6.07, 6.45) is 7.17. The Labute approximate surface area is 208 Å². The Bertz CT molecular complexity index is 1120. The summed E-state index contributed by atoms with van der Waals surface area (Å²) in [6.45, 7) is 11.4. The van der Waals surface area contributed by atoms with Gasteiger partial charge in [0.25, 0.3) is 0 Å². The van der Waals surface area contributed by atoms with Gasteiger partial charge in [-0.2, -0.15) is 0 Å². The molecule has 2 unspecified atom stereocenters. The van der Waals surface area contributed by atoms with Crippen molar-refractivity contribution in [3.8, 4) is 0 Å².